The summed E-state index contributed by atoms with van der Waals surface area (Å²) in [6.07, 6.45) is -3.08. The van der Waals surface area contributed by atoms with Gasteiger partial charge in [0.2, 0.25) is 5.95 Å². The Morgan fingerprint density at radius 1 is 0.926 bits per heavy atom. The summed E-state index contributed by atoms with van der Waals surface area (Å²) in [6, 6.07) is 12.5. The molecule has 0 unspecified atom stereocenters. The Kier molecular flexibility index (Phi) is 5.11. The SMILES string of the molecule is CN(C)c1ccc(Nc2nncc(Nc3cccc(C(F)(F)F)c3)n2)cc1. The molecule has 0 amide bonds. The van der Waals surface area contributed by atoms with Crippen LogP contribution < -0.4 is 15.5 Å². The minimum absolute atomic E-state index is 0.226. The molecule has 3 aromatic rings. The molecule has 0 atom stereocenters. The Morgan fingerprint density at radius 3 is 2.33 bits per heavy atom. The second-order valence-electron chi connectivity index (χ2n) is 5.94. The van der Waals surface area contributed by atoms with Gasteiger partial charge in [0.15, 0.2) is 5.82 Å². The molecule has 6 nitrogen and oxygen atoms in total. The average Bonchev–Trinajstić information content (AvgIpc) is 2.62. The van der Waals surface area contributed by atoms with Crippen LogP contribution in [0.15, 0.2) is 54.7 Å². The van der Waals surface area contributed by atoms with Gasteiger partial charge >= 0.3 is 6.18 Å². The van der Waals surface area contributed by atoms with Gasteiger partial charge in [0.25, 0.3) is 0 Å². The molecule has 9 heteroatoms. The first-order valence-electron chi connectivity index (χ1n) is 8.00. The van der Waals surface area contributed by atoms with Crippen molar-refractivity contribution in [1.82, 2.24) is 15.2 Å². The van der Waals surface area contributed by atoms with E-state index in [1.165, 1.54) is 18.3 Å². The topological polar surface area (TPSA) is 66.0 Å². The van der Waals surface area contributed by atoms with Crippen LogP contribution in [0.2, 0.25) is 0 Å². The largest absolute Gasteiger partial charge is 0.416 e. The number of anilines is 5. The number of nitrogens with one attached hydrogen (secondary N) is 2. The highest BCUT2D eigenvalue weighted by molar-refractivity contribution is 5.61. The van der Waals surface area contributed by atoms with E-state index in [1.807, 2.05) is 43.3 Å². The lowest BCUT2D eigenvalue weighted by molar-refractivity contribution is -0.137. The van der Waals surface area contributed by atoms with E-state index in [-0.39, 0.29) is 17.5 Å². The van der Waals surface area contributed by atoms with Crippen LogP contribution in [0.1, 0.15) is 5.56 Å². The fraction of sp³-hybridized carbons (Fsp3) is 0.167. The summed E-state index contributed by atoms with van der Waals surface area (Å²) in [7, 11) is 3.89. The van der Waals surface area contributed by atoms with E-state index >= 15 is 0 Å². The van der Waals surface area contributed by atoms with Gasteiger partial charge in [0.1, 0.15) is 0 Å². The van der Waals surface area contributed by atoms with E-state index in [2.05, 4.69) is 25.8 Å². The van der Waals surface area contributed by atoms with Crippen molar-refractivity contribution < 1.29 is 13.2 Å². The lowest BCUT2D eigenvalue weighted by atomic mass is 10.2. The maximum Gasteiger partial charge on any atom is 0.416 e. The van der Waals surface area contributed by atoms with Gasteiger partial charge in [0, 0.05) is 31.2 Å². The van der Waals surface area contributed by atoms with Crippen molar-refractivity contribution in [2.75, 3.05) is 29.6 Å². The van der Waals surface area contributed by atoms with Crippen molar-refractivity contribution in [2.24, 2.45) is 0 Å². The first-order valence-corrected chi connectivity index (χ1v) is 8.00. The third-order valence-corrected chi connectivity index (χ3v) is 3.66. The first kappa shape index (κ1) is 18.4. The zero-order valence-electron chi connectivity index (χ0n) is 14.6. The van der Waals surface area contributed by atoms with Crippen molar-refractivity contribution in [3.63, 3.8) is 0 Å². The molecular formula is C18H17F3N6. The van der Waals surface area contributed by atoms with E-state index in [4.69, 9.17) is 0 Å². The number of alkyl halides is 3. The molecular weight excluding hydrogens is 357 g/mol. The number of rotatable bonds is 5. The summed E-state index contributed by atoms with van der Waals surface area (Å²) in [5, 5.41) is 13.5. The molecule has 0 fully saturated rings. The molecule has 0 saturated carbocycles. The molecule has 0 bridgehead atoms. The molecule has 0 radical (unpaired) electrons. The van der Waals surface area contributed by atoms with Gasteiger partial charge in [-0.3, -0.25) is 0 Å². The van der Waals surface area contributed by atoms with Crippen LogP contribution >= 0.6 is 0 Å². The van der Waals surface area contributed by atoms with Gasteiger partial charge in [-0.05, 0) is 42.5 Å². The van der Waals surface area contributed by atoms with Crippen molar-refractivity contribution >= 4 is 28.8 Å². The average molecular weight is 374 g/mol. The molecule has 140 valence electrons. The highest BCUT2D eigenvalue weighted by Gasteiger charge is 2.30. The van der Waals surface area contributed by atoms with Gasteiger partial charge in [-0.15, -0.1) is 5.10 Å². The number of nitrogens with zero attached hydrogens (tertiary/aromatic N) is 4. The number of halogens is 3. The quantitative estimate of drug-likeness (QED) is 0.688. The highest BCUT2D eigenvalue weighted by Crippen LogP contribution is 2.31. The van der Waals surface area contributed by atoms with Crippen LogP contribution in [0, 0.1) is 0 Å². The Labute approximate surface area is 154 Å². The van der Waals surface area contributed by atoms with Crippen molar-refractivity contribution in [2.45, 2.75) is 6.18 Å². The number of benzene rings is 2. The van der Waals surface area contributed by atoms with Crippen LogP contribution in [0.5, 0.6) is 0 Å². The maximum atomic E-state index is 12.8. The van der Waals surface area contributed by atoms with Gasteiger partial charge in [-0.1, -0.05) is 6.07 Å². The molecule has 27 heavy (non-hydrogen) atoms. The summed E-state index contributed by atoms with van der Waals surface area (Å²) in [5.41, 5.74) is 1.32. The third kappa shape index (κ3) is 4.84. The molecule has 0 aliphatic heterocycles. The fourth-order valence-electron chi connectivity index (χ4n) is 2.31. The van der Waals surface area contributed by atoms with E-state index in [0.29, 0.717) is 0 Å². The molecule has 0 aliphatic rings. The molecule has 0 saturated heterocycles. The molecule has 0 spiro atoms. The maximum absolute atomic E-state index is 12.8. The first-order chi connectivity index (χ1) is 12.8. The Balaban J connectivity index is 1.74. The van der Waals surface area contributed by atoms with Crippen LogP contribution in [0.3, 0.4) is 0 Å². The van der Waals surface area contributed by atoms with E-state index in [9.17, 15) is 13.2 Å². The minimum Gasteiger partial charge on any atom is -0.378 e. The highest BCUT2D eigenvalue weighted by atomic mass is 19.4. The second kappa shape index (κ2) is 7.48. The number of hydrogen-bond acceptors (Lipinski definition) is 6. The van der Waals surface area contributed by atoms with Crippen molar-refractivity contribution in [1.29, 1.82) is 0 Å². The molecule has 0 aliphatic carbocycles. The monoisotopic (exact) mass is 374 g/mol. The molecule has 3 rings (SSSR count). The number of hydrogen-bond donors (Lipinski definition) is 2. The Morgan fingerprint density at radius 2 is 1.67 bits per heavy atom. The minimum atomic E-state index is -4.41. The summed E-state index contributed by atoms with van der Waals surface area (Å²) < 4.78 is 38.4. The zero-order chi connectivity index (χ0) is 19.4. The Hall–Kier alpha value is -3.36. The molecule has 2 aromatic carbocycles. The summed E-state index contributed by atoms with van der Waals surface area (Å²) in [5.74, 6) is 0.501. The van der Waals surface area contributed by atoms with Crippen LogP contribution in [0.25, 0.3) is 0 Å². The predicted octanol–water partition coefficient (Wildman–Crippen LogP) is 4.44. The van der Waals surface area contributed by atoms with E-state index in [1.54, 1.807) is 0 Å². The normalized spacial score (nSPS) is 11.1. The van der Waals surface area contributed by atoms with Crippen molar-refractivity contribution in [3.8, 4) is 0 Å². The van der Waals surface area contributed by atoms with E-state index < -0.39 is 11.7 Å². The lowest BCUT2D eigenvalue weighted by Crippen LogP contribution is -2.08. The summed E-state index contributed by atoms with van der Waals surface area (Å²) >= 11 is 0. The van der Waals surface area contributed by atoms with Crippen LogP contribution in [-0.2, 0) is 6.18 Å². The van der Waals surface area contributed by atoms with Gasteiger partial charge < -0.3 is 15.5 Å². The van der Waals surface area contributed by atoms with E-state index in [0.717, 1.165) is 23.5 Å². The van der Waals surface area contributed by atoms with Crippen molar-refractivity contribution in [3.05, 3.63) is 60.3 Å². The van der Waals surface area contributed by atoms with Crippen LogP contribution in [0.4, 0.5) is 42.0 Å². The summed E-state index contributed by atoms with van der Waals surface area (Å²) in [6.45, 7) is 0. The number of aromatic nitrogens is 3. The van der Waals surface area contributed by atoms with Gasteiger partial charge in [0.05, 0.1) is 11.8 Å². The smallest absolute Gasteiger partial charge is 0.378 e. The predicted molar refractivity (Wildman–Crippen MR) is 98.6 cm³/mol. The molecule has 2 N–H and O–H groups in total. The second-order valence-corrected chi connectivity index (χ2v) is 5.94. The standard InChI is InChI=1S/C18H17F3N6/c1-27(2)15-8-6-13(7-9-15)24-17-25-16(11-22-26-17)23-14-5-3-4-12(10-14)18(19,20)21/h3-11H,1-2H3,(H2,23,24,25,26). The molecule has 1 heterocycles. The lowest BCUT2D eigenvalue weighted by Gasteiger charge is -2.13. The van der Waals surface area contributed by atoms with Crippen LogP contribution in [-0.4, -0.2) is 29.3 Å². The Bertz CT molecular complexity index is 909. The third-order valence-electron chi connectivity index (χ3n) is 3.66. The molecule has 1 aromatic heterocycles. The van der Waals surface area contributed by atoms with Gasteiger partial charge in [-0.25, -0.2) is 0 Å². The fourth-order valence-corrected chi connectivity index (χ4v) is 2.31. The zero-order valence-corrected chi connectivity index (χ0v) is 14.6. The van der Waals surface area contributed by atoms with Gasteiger partial charge in [-0.2, -0.15) is 23.3 Å². The summed E-state index contributed by atoms with van der Waals surface area (Å²) in [4.78, 5) is 6.20.